The highest BCUT2D eigenvalue weighted by atomic mass is 35.5. The third kappa shape index (κ3) is 3.87. The van der Waals surface area contributed by atoms with Crippen molar-refractivity contribution in [3.8, 4) is 5.75 Å². The van der Waals surface area contributed by atoms with Gasteiger partial charge in [-0.15, -0.1) is 0 Å². The van der Waals surface area contributed by atoms with Gasteiger partial charge >= 0.3 is 0 Å². The van der Waals surface area contributed by atoms with E-state index in [-0.39, 0.29) is 17.9 Å². The van der Waals surface area contributed by atoms with Crippen molar-refractivity contribution in [1.29, 1.82) is 0 Å². The zero-order valence-electron chi connectivity index (χ0n) is 11.9. The Bertz CT molecular complexity index is 471. The molecule has 0 saturated carbocycles. The lowest BCUT2D eigenvalue weighted by molar-refractivity contribution is -0.120. The summed E-state index contributed by atoms with van der Waals surface area (Å²) in [6.07, 6.45) is 1.95. The van der Waals surface area contributed by atoms with E-state index >= 15 is 0 Å². The van der Waals surface area contributed by atoms with Crippen molar-refractivity contribution >= 4 is 23.2 Å². The molecule has 1 aliphatic rings. The molecule has 1 unspecified atom stereocenters. The first-order chi connectivity index (χ1) is 9.58. The summed E-state index contributed by atoms with van der Waals surface area (Å²) in [6, 6.07) is 5.39. The van der Waals surface area contributed by atoms with Crippen LogP contribution < -0.4 is 15.4 Å². The number of rotatable bonds is 4. The normalized spacial score (nSPS) is 18.9. The van der Waals surface area contributed by atoms with Crippen LogP contribution in [0, 0.1) is 5.92 Å². The van der Waals surface area contributed by atoms with Gasteiger partial charge in [0.15, 0.2) is 5.75 Å². The SMILES string of the molecule is CC(C)Oc1c(Cl)cccc1NC(=O)C1CCCNC1. The molecule has 1 fully saturated rings. The molecule has 1 aromatic carbocycles. The molecular weight excluding hydrogens is 276 g/mol. The predicted octanol–water partition coefficient (Wildman–Crippen LogP) is 3.07. The van der Waals surface area contributed by atoms with Crippen LogP contribution in [0.4, 0.5) is 5.69 Å². The van der Waals surface area contributed by atoms with E-state index in [4.69, 9.17) is 16.3 Å². The molecule has 1 saturated heterocycles. The van der Waals surface area contributed by atoms with Crippen LogP contribution in [0.1, 0.15) is 26.7 Å². The molecule has 20 heavy (non-hydrogen) atoms. The lowest BCUT2D eigenvalue weighted by Gasteiger charge is -2.23. The topological polar surface area (TPSA) is 50.4 Å². The van der Waals surface area contributed by atoms with E-state index in [1.807, 2.05) is 26.0 Å². The van der Waals surface area contributed by atoms with Crippen molar-refractivity contribution in [1.82, 2.24) is 5.32 Å². The number of anilines is 1. The van der Waals surface area contributed by atoms with Crippen LogP contribution in [0.25, 0.3) is 0 Å². The molecular formula is C15H21ClN2O2. The molecule has 4 nitrogen and oxygen atoms in total. The standard InChI is InChI=1S/C15H21ClN2O2/c1-10(2)20-14-12(16)6-3-7-13(14)18-15(19)11-5-4-8-17-9-11/h3,6-7,10-11,17H,4-5,8-9H2,1-2H3,(H,18,19). The first-order valence-electron chi connectivity index (χ1n) is 7.04. The summed E-state index contributed by atoms with van der Waals surface area (Å²) >= 11 is 6.15. The molecule has 0 aromatic heterocycles. The van der Waals surface area contributed by atoms with Crippen molar-refractivity contribution in [2.24, 2.45) is 5.92 Å². The Morgan fingerprint density at radius 3 is 2.95 bits per heavy atom. The molecule has 5 heteroatoms. The number of amides is 1. The highest BCUT2D eigenvalue weighted by molar-refractivity contribution is 6.32. The van der Waals surface area contributed by atoms with E-state index in [0.717, 1.165) is 25.9 Å². The minimum absolute atomic E-state index is 0.00176. The van der Waals surface area contributed by atoms with E-state index in [9.17, 15) is 4.79 Å². The van der Waals surface area contributed by atoms with Gasteiger partial charge in [0.05, 0.1) is 22.7 Å². The maximum atomic E-state index is 12.3. The summed E-state index contributed by atoms with van der Waals surface area (Å²) in [4.78, 5) is 12.3. The van der Waals surface area contributed by atoms with Gasteiger partial charge in [0, 0.05) is 6.54 Å². The molecule has 0 spiro atoms. The van der Waals surface area contributed by atoms with E-state index in [0.29, 0.717) is 16.5 Å². The minimum Gasteiger partial charge on any atom is -0.487 e. The van der Waals surface area contributed by atoms with Gasteiger partial charge in [-0.3, -0.25) is 4.79 Å². The molecule has 0 radical (unpaired) electrons. The Hall–Kier alpha value is -1.26. The van der Waals surface area contributed by atoms with Crippen LogP contribution in [0.2, 0.25) is 5.02 Å². The van der Waals surface area contributed by atoms with Crippen LogP contribution >= 0.6 is 11.6 Å². The smallest absolute Gasteiger partial charge is 0.228 e. The number of piperidine rings is 1. The number of carbonyl (C=O) groups is 1. The molecule has 1 atom stereocenters. The number of hydrogen-bond acceptors (Lipinski definition) is 3. The fraction of sp³-hybridized carbons (Fsp3) is 0.533. The van der Waals surface area contributed by atoms with Crippen LogP contribution in [-0.4, -0.2) is 25.1 Å². The Morgan fingerprint density at radius 1 is 1.50 bits per heavy atom. The molecule has 2 N–H and O–H groups in total. The number of nitrogens with one attached hydrogen (secondary N) is 2. The van der Waals surface area contributed by atoms with Gasteiger partial charge in [-0.2, -0.15) is 0 Å². The highest BCUT2D eigenvalue weighted by Crippen LogP contribution is 2.34. The van der Waals surface area contributed by atoms with Gasteiger partial charge in [0.1, 0.15) is 0 Å². The lowest BCUT2D eigenvalue weighted by atomic mass is 9.99. The van der Waals surface area contributed by atoms with E-state index < -0.39 is 0 Å². The van der Waals surface area contributed by atoms with Crippen LogP contribution in [0.15, 0.2) is 18.2 Å². The second-order valence-electron chi connectivity index (χ2n) is 5.32. The third-order valence-electron chi connectivity index (χ3n) is 3.25. The summed E-state index contributed by atoms with van der Waals surface area (Å²) in [5.41, 5.74) is 0.641. The van der Waals surface area contributed by atoms with Crippen molar-refractivity contribution < 1.29 is 9.53 Å². The second-order valence-corrected chi connectivity index (χ2v) is 5.72. The second kappa shape index (κ2) is 6.95. The maximum absolute atomic E-state index is 12.3. The van der Waals surface area contributed by atoms with Gasteiger partial charge in [0.25, 0.3) is 0 Å². The third-order valence-corrected chi connectivity index (χ3v) is 3.54. The van der Waals surface area contributed by atoms with E-state index in [2.05, 4.69) is 10.6 Å². The Labute approximate surface area is 124 Å². The first-order valence-corrected chi connectivity index (χ1v) is 7.42. The van der Waals surface area contributed by atoms with Crippen molar-refractivity contribution in [2.75, 3.05) is 18.4 Å². The average molecular weight is 297 g/mol. The van der Waals surface area contributed by atoms with Gasteiger partial charge in [-0.05, 0) is 45.4 Å². The number of halogens is 1. The molecule has 1 amide bonds. The van der Waals surface area contributed by atoms with Crippen molar-refractivity contribution in [2.45, 2.75) is 32.8 Å². The average Bonchev–Trinajstić information content (AvgIpc) is 2.43. The fourth-order valence-electron chi connectivity index (χ4n) is 2.27. The number of ether oxygens (including phenoxy) is 1. The molecule has 110 valence electrons. The highest BCUT2D eigenvalue weighted by Gasteiger charge is 2.22. The summed E-state index contributed by atoms with van der Waals surface area (Å²) in [7, 11) is 0. The molecule has 1 aromatic rings. The number of hydrogen-bond donors (Lipinski definition) is 2. The van der Waals surface area contributed by atoms with Gasteiger partial charge in [-0.25, -0.2) is 0 Å². The molecule has 1 heterocycles. The van der Waals surface area contributed by atoms with Crippen LogP contribution in [-0.2, 0) is 4.79 Å². The summed E-state index contributed by atoms with van der Waals surface area (Å²) in [5.74, 6) is 0.573. The van der Waals surface area contributed by atoms with Crippen molar-refractivity contribution in [3.63, 3.8) is 0 Å². The lowest BCUT2D eigenvalue weighted by Crippen LogP contribution is -2.37. The van der Waals surface area contributed by atoms with Gasteiger partial charge in [-0.1, -0.05) is 17.7 Å². The van der Waals surface area contributed by atoms with E-state index in [1.54, 1.807) is 6.07 Å². The number of para-hydroxylation sites is 1. The molecule has 1 aliphatic heterocycles. The molecule has 2 rings (SSSR count). The number of benzene rings is 1. The quantitative estimate of drug-likeness (QED) is 0.898. The first kappa shape index (κ1) is 15.1. The fourth-order valence-corrected chi connectivity index (χ4v) is 2.49. The van der Waals surface area contributed by atoms with Crippen LogP contribution in [0.5, 0.6) is 5.75 Å². The summed E-state index contributed by atoms with van der Waals surface area (Å²) < 4.78 is 5.70. The van der Waals surface area contributed by atoms with Gasteiger partial charge in [0.2, 0.25) is 5.91 Å². The monoisotopic (exact) mass is 296 g/mol. The largest absolute Gasteiger partial charge is 0.487 e. The Morgan fingerprint density at radius 2 is 2.30 bits per heavy atom. The number of carbonyl (C=O) groups excluding carboxylic acids is 1. The Balaban J connectivity index is 2.11. The van der Waals surface area contributed by atoms with Crippen LogP contribution in [0.3, 0.4) is 0 Å². The van der Waals surface area contributed by atoms with E-state index in [1.165, 1.54) is 0 Å². The zero-order valence-corrected chi connectivity index (χ0v) is 12.7. The Kier molecular flexibility index (Phi) is 5.26. The van der Waals surface area contributed by atoms with Gasteiger partial charge < -0.3 is 15.4 Å². The maximum Gasteiger partial charge on any atom is 0.228 e. The molecule has 0 bridgehead atoms. The zero-order chi connectivity index (χ0) is 14.5. The summed E-state index contributed by atoms with van der Waals surface area (Å²) in [6.45, 7) is 5.58. The van der Waals surface area contributed by atoms with Crippen molar-refractivity contribution in [3.05, 3.63) is 23.2 Å². The minimum atomic E-state index is 0.00176. The molecule has 0 aliphatic carbocycles. The predicted molar refractivity (Wildman–Crippen MR) is 81.4 cm³/mol. The summed E-state index contributed by atoms with van der Waals surface area (Å²) in [5, 5.41) is 6.69.